The number of anilines is 2. The predicted molar refractivity (Wildman–Crippen MR) is 239 cm³/mol. The Balaban J connectivity index is 1.27. The van der Waals surface area contributed by atoms with Gasteiger partial charge >= 0.3 is 0 Å². The number of aryl methyl sites for hydroxylation is 1. The van der Waals surface area contributed by atoms with Gasteiger partial charge in [0.25, 0.3) is 0 Å². The molecule has 302 valence electrons. The largest absolute Gasteiger partial charge is 0.496 e. The van der Waals surface area contributed by atoms with Crippen LogP contribution in [-0.2, 0) is 6.42 Å². The minimum Gasteiger partial charge on any atom is -0.496 e. The molecular weight excluding hydrogens is 719 g/mol. The van der Waals surface area contributed by atoms with E-state index in [1.807, 2.05) is 12.1 Å². The summed E-state index contributed by atoms with van der Waals surface area (Å²) < 4.78 is 28.2. The zero-order chi connectivity index (χ0) is 41.2. The Morgan fingerprint density at radius 1 is 0.414 bits per heavy atom. The second-order valence-corrected chi connectivity index (χ2v) is 14.9. The van der Waals surface area contributed by atoms with Crippen molar-refractivity contribution >= 4 is 11.4 Å². The van der Waals surface area contributed by atoms with Gasteiger partial charge in [0.15, 0.2) is 23.0 Å². The highest BCUT2D eigenvalue weighted by Gasteiger charge is 2.23. The number of benzene rings is 6. The van der Waals surface area contributed by atoms with Crippen molar-refractivity contribution < 1.29 is 23.7 Å². The minimum absolute atomic E-state index is 0.104. The number of nitrogens with one attached hydrogen (secondary N) is 1. The summed E-state index contributed by atoms with van der Waals surface area (Å²) in [6, 6.07) is 43.9. The number of ether oxygens (including phenoxy) is 5. The van der Waals surface area contributed by atoms with Gasteiger partial charge in [-0.05, 0) is 131 Å². The zero-order valence-electron chi connectivity index (χ0n) is 35.6. The van der Waals surface area contributed by atoms with Gasteiger partial charge in [-0.3, -0.25) is 0 Å². The van der Waals surface area contributed by atoms with E-state index in [9.17, 15) is 0 Å². The van der Waals surface area contributed by atoms with Gasteiger partial charge in [0.05, 0.1) is 35.5 Å². The van der Waals surface area contributed by atoms with Crippen molar-refractivity contribution in [2.75, 3.05) is 40.9 Å². The minimum atomic E-state index is 0.104. The standard InChI is InChI=1S/C52H59NO5/c1-10-43(39-18-13-34(4)50(31-39)56-7)37-19-14-35(15-20-37)29-36-16-24-42(25-17-36)53-47-26-21-38(44(11-2)40-22-27-48(54-5)51(32-40)57-8)30-46(47)45(12-3)41-23-28-49(55-6)52(33-41)58-9/h13-28,30-33,43-45,53H,10-12,29H2,1-9H3. The highest BCUT2D eigenvalue weighted by atomic mass is 16.5. The van der Waals surface area contributed by atoms with Crippen molar-refractivity contribution in [1.82, 2.24) is 0 Å². The molecule has 0 heterocycles. The summed E-state index contributed by atoms with van der Waals surface area (Å²) in [6.45, 7) is 8.81. The van der Waals surface area contributed by atoms with Gasteiger partial charge in [-0.15, -0.1) is 0 Å². The van der Waals surface area contributed by atoms with E-state index in [1.54, 1.807) is 35.5 Å². The summed E-state index contributed by atoms with van der Waals surface area (Å²) in [5, 5.41) is 3.81. The SMILES string of the molecule is CCC(c1ccc(Cc2ccc(Nc3ccc(C(CC)c4ccc(OC)c(OC)c4)cc3C(CC)c3ccc(OC)c(OC)c3)cc2)cc1)c1ccc(C)c(OC)c1. The Labute approximate surface area is 346 Å². The molecule has 0 saturated carbocycles. The maximum Gasteiger partial charge on any atom is 0.161 e. The van der Waals surface area contributed by atoms with Gasteiger partial charge in [-0.25, -0.2) is 0 Å². The Hall–Kier alpha value is -5.88. The second kappa shape index (κ2) is 19.5. The first-order chi connectivity index (χ1) is 28.3. The van der Waals surface area contributed by atoms with Crippen LogP contribution in [0.3, 0.4) is 0 Å². The number of methoxy groups -OCH3 is 5. The summed E-state index contributed by atoms with van der Waals surface area (Å²) in [7, 11) is 8.47. The van der Waals surface area contributed by atoms with Crippen LogP contribution < -0.4 is 29.0 Å². The fourth-order valence-electron chi connectivity index (χ4n) is 8.32. The van der Waals surface area contributed by atoms with Crippen LogP contribution in [0.2, 0.25) is 0 Å². The van der Waals surface area contributed by atoms with E-state index in [1.165, 1.54) is 44.5 Å². The molecular formula is C52H59NO5. The van der Waals surface area contributed by atoms with E-state index >= 15 is 0 Å². The van der Waals surface area contributed by atoms with Crippen molar-refractivity contribution in [2.24, 2.45) is 0 Å². The Kier molecular flexibility index (Phi) is 14.0. The third kappa shape index (κ3) is 9.29. The molecule has 58 heavy (non-hydrogen) atoms. The van der Waals surface area contributed by atoms with Crippen LogP contribution in [0.4, 0.5) is 11.4 Å². The second-order valence-electron chi connectivity index (χ2n) is 14.9. The fraction of sp³-hybridized carbons (Fsp3) is 0.308. The van der Waals surface area contributed by atoms with Gasteiger partial charge in [0.1, 0.15) is 5.75 Å². The van der Waals surface area contributed by atoms with Crippen molar-refractivity contribution in [1.29, 1.82) is 0 Å². The lowest BCUT2D eigenvalue weighted by Crippen LogP contribution is -2.08. The fourth-order valence-corrected chi connectivity index (χ4v) is 8.32. The third-order valence-electron chi connectivity index (χ3n) is 11.6. The molecule has 0 amide bonds. The van der Waals surface area contributed by atoms with Crippen LogP contribution in [0.1, 0.15) is 108 Å². The highest BCUT2D eigenvalue weighted by molar-refractivity contribution is 5.67. The molecule has 3 atom stereocenters. The van der Waals surface area contributed by atoms with Crippen molar-refractivity contribution in [3.8, 4) is 28.7 Å². The highest BCUT2D eigenvalue weighted by Crippen LogP contribution is 2.42. The van der Waals surface area contributed by atoms with Crippen LogP contribution >= 0.6 is 0 Å². The van der Waals surface area contributed by atoms with E-state index < -0.39 is 0 Å². The molecule has 6 aromatic rings. The molecule has 3 unspecified atom stereocenters. The first-order valence-electron chi connectivity index (χ1n) is 20.4. The molecule has 6 nitrogen and oxygen atoms in total. The number of hydrogen-bond donors (Lipinski definition) is 1. The molecule has 0 aliphatic heterocycles. The molecule has 6 heteroatoms. The van der Waals surface area contributed by atoms with E-state index in [0.717, 1.165) is 71.4 Å². The molecule has 6 aromatic carbocycles. The average Bonchev–Trinajstić information content (AvgIpc) is 3.26. The van der Waals surface area contributed by atoms with Gasteiger partial charge in [-0.1, -0.05) is 93.6 Å². The molecule has 0 spiro atoms. The monoisotopic (exact) mass is 777 g/mol. The van der Waals surface area contributed by atoms with Crippen molar-refractivity contribution in [2.45, 2.75) is 71.1 Å². The van der Waals surface area contributed by atoms with Crippen molar-refractivity contribution in [3.63, 3.8) is 0 Å². The summed E-state index contributed by atoms with van der Waals surface area (Å²) in [5.74, 6) is 4.45. The lowest BCUT2D eigenvalue weighted by molar-refractivity contribution is 0.354. The summed E-state index contributed by atoms with van der Waals surface area (Å²) in [6.07, 6.45) is 3.72. The summed E-state index contributed by atoms with van der Waals surface area (Å²) in [4.78, 5) is 0. The molecule has 6 rings (SSSR count). The summed E-state index contributed by atoms with van der Waals surface area (Å²) >= 11 is 0. The third-order valence-corrected chi connectivity index (χ3v) is 11.6. The van der Waals surface area contributed by atoms with Crippen LogP contribution in [-0.4, -0.2) is 35.5 Å². The quantitative estimate of drug-likeness (QED) is 0.0938. The normalized spacial score (nSPS) is 12.6. The van der Waals surface area contributed by atoms with Crippen LogP contribution in [0.15, 0.2) is 121 Å². The van der Waals surface area contributed by atoms with Gasteiger partial charge in [-0.2, -0.15) is 0 Å². The van der Waals surface area contributed by atoms with Crippen LogP contribution in [0, 0.1) is 6.92 Å². The van der Waals surface area contributed by atoms with Crippen molar-refractivity contribution in [3.05, 3.63) is 171 Å². The first-order valence-corrected chi connectivity index (χ1v) is 20.4. The molecule has 0 aliphatic rings. The van der Waals surface area contributed by atoms with E-state index in [-0.39, 0.29) is 11.8 Å². The van der Waals surface area contributed by atoms with E-state index in [0.29, 0.717) is 5.92 Å². The molecule has 1 N–H and O–H groups in total. The first kappa shape index (κ1) is 41.7. The lowest BCUT2D eigenvalue weighted by Gasteiger charge is -2.25. The lowest BCUT2D eigenvalue weighted by atomic mass is 9.82. The molecule has 0 fully saturated rings. The van der Waals surface area contributed by atoms with Gasteiger partial charge in [0.2, 0.25) is 0 Å². The maximum atomic E-state index is 5.75. The molecule has 0 radical (unpaired) electrons. The van der Waals surface area contributed by atoms with Gasteiger partial charge in [0, 0.05) is 29.1 Å². The predicted octanol–water partition coefficient (Wildman–Crippen LogP) is 13.0. The average molecular weight is 778 g/mol. The Morgan fingerprint density at radius 2 is 0.828 bits per heavy atom. The topological polar surface area (TPSA) is 58.2 Å². The number of hydrogen-bond acceptors (Lipinski definition) is 6. The summed E-state index contributed by atoms with van der Waals surface area (Å²) in [5.41, 5.74) is 13.3. The van der Waals surface area contributed by atoms with Gasteiger partial charge < -0.3 is 29.0 Å². The Bertz CT molecular complexity index is 2260. The maximum absolute atomic E-state index is 5.75. The van der Waals surface area contributed by atoms with Crippen LogP contribution in [0.25, 0.3) is 0 Å². The Morgan fingerprint density at radius 3 is 1.34 bits per heavy atom. The van der Waals surface area contributed by atoms with E-state index in [2.05, 4.69) is 142 Å². The molecule has 0 aromatic heterocycles. The molecule has 0 aliphatic carbocycles. The zero-order valence-corrected chi connectivity index (χ0v) is 35.6. The molecule has 0 bridgehead atoms. The number of rotatable bonds is 18. The van der Waals surface area contributed by atoms with E-state index in [4.69, 9.17) is 23.7 Å². The smallest absolute Gasteiger partial charge is 0.161 e. The molecule has 0 saturated heterocycles. The van der Waals surface area contributed by atoms with Crippen LogP contribution in [0.5, 0.6) is 28.7 Å².